The van der Waals surface area contributed by atoms with E-state index in [0.717, 1.165) is 3.89 Å². The molecule has 1 heterocycles. The molecular weight excluding hydrogens is 651 g/mol. The minimum atomic E-state index is -1.58. The predicted molar refractivity (Wildman–Crippen MR) is 194 cm³/mol. The Morgan fingerprint density at radius 2 is 0.860 bits per heavy atom. The van der Waals surface area contributed by atoms with Gasteiger partial charge in [-0.15, -0.1) is 13.2 Å². The van der Waals surface area contributed by atoms with Gasteiger partial charge in [-0.3, -0.25) is 0 Å². The number of nitrogens with zero attached hydrogens (tertiary/aromatic N) is 2. The van der Waals surface area contributed by atoms with Gasteiger partial charge < -0.3 is 19.0 Å². The van der Waals surface area contributed by atoms with Crippen LogP contribution in [-0.2, 0) is 22.9 Å². The van der Waals surface area contributed by atoms with Crippen LogP contribution in [0.2, 0.25) is 26.2 Å². The molecule has 0 aliphatic carbocycles. The maximum atomic E-state index is 5.97. The molecule has 0 N–H and O–H groups in total. The molecule has 0 bridgehead atoms. The summed E-state index contributed by atoms with van der Waals surface area (Å²) in [5.41, 5.74) is 12.1. The molecule has 43 heavy (non-hydrogen) atoms. The second-order valence-corrected chi connectivity index (χ2v) is 21.9. The molecule has 0 radical (unpaired) electrons. The van der Waals surface area contributed by atoms with E-state index in [9.17, 15) is 0 Å². The predicted octanol–water partition coefficient (Wildman–Crippen LogP) is 11.6. The van der Waals surface area contributed by atoms with Crippen LogP contribution in [0.4, 0.5) is 0 Å². The molecule has 0 aliphatic heterocycles. The van der Waals surface area contributed by atoms with Crippen molar-refractivity contribution in [2.24, 2.45) is 0 Å². The summed E-state index contributed by atoms with van der Waals surface area (Å²) in [5.74, 6) is 1.83. The minimum absolute atomic E-state index is 0. The fraction of sp³-hybridized carbons (Fsp3) is 0.432. The zero-order chi connectivity index (χ0) is 31.3. The Morgan fingerprint density at radius 1 is 0.605 bits per heavy atom. The fourth-order valence-corrected chi connectivity index (χ4v) is 11.7. The van der Waals surface area contributed by atoms with Crippen molar-refractivity contribution in [3.8, 4) is 11.4 Å². The maximum Gasteiger partial charge on any atom is -0.358 e. The van der Waals surface area contributed by atoms with E-state index in [1.54, 1.807) is 0 Å². The van der Waals surface area contributed by atoms with E-state index in [1.165, 1.54) is 33.6 Å². The van der Waals surface area contributed by atoms with Crippen LogP contribution in [0.25, 0.3) is 11.4 Å². The van der Waals surface area contributed by atoms with Crippen LogP contribution in [0.1, 0.15) is 101 Å². The summed E-state index contributed by atoms with van der Waals surface area (Å²) in [6.07, 6.45) is 4.43. The number of imidazole rings is 1. The monoisotopic (exact) mass is 710 g/mol. The van der Waals surface area contributed by atoms with Crippen molar-refractivity contribution in [3.63, 3.8) is 0 Å². The smallest absolute Gasteiger partial charge is 0.358 e. The third-order valence-corrected chi connectivity index (χ3v) is 14.3. The van der Waals surface area contributed by atoms with E-state index in [4.69, 9.17) is 4.12 Å². The molecule has 0 aliphatic rings. The summed E-state index contributed by atoms with van der Waals surface area (Å²) in [7, 11) is -3.16. The third-order valence-electron chi connectivity index (χ3n) is 7.41. The van der Waals surface area contributed by atoms with Gasteiger partial charge in [-0.25, -0.2) is 0 Å². The van der Waals surface area contributed by atoms with Gasteiger partial charge in [0, 0.05) is 0 Å². The molecule has 0 unspecified atom stereocenters. The summed E-state index contributed by atoms with van der Waals surface area (Å²) in [5, 5.41) is 0. The molecule has 0 saturated carbocycles. The first-order valence-electron chi connectivity index (χ1n) is 15.0. The Balaban J connectivity index is 0.00000117. The Kier molecular flexibility index (Phi) is 16.3. The molecule has 2 aromatic carbocycles. The Morgan fingerprint density at radius 3 is 1.07 bits per heavy atom. The van der Waals surface area contributed by atoms with Gasteiger partial charge in [-0.05, 0) is 26.2 Å². The van der Waals surface area contributed by atoms with Crippen molar-refractivity contribution in [1.82, 2.24) is 9.13 Å². The van der Waals surface area contributed by atoms with Crippen LogP contribution >= 0.6 is 0 Å². The standard InChI is InChI=1S/C27H36N2.C8H18OSi2.2CH3.Pd/c1-18(2)22-11-9-12-23(19(3)4)26(22)28-15-16-29(17-28)27-24(20(5)6)13-10-14-25(27)21(7)8;1-7-10(3,4)9-11(5,6)8-2;;;/h9-16,18-21H,1-8H3;7-8H,1-2H2,3-6H3;2*1H3;/q;;2*-1;. The van der Waals surface area contributed by atoms with Crippen LogP contribution in [0.15, 0.2) is 73.3 Å². The summed E-state index contributed by atoms with van der Waals surface area (Å²) < 4.78 is 11.7. The molecule has 0 spiro atoms. The van der Waals surface area contributed by atoms with E-state index in [2.05, 4.69) is 171 Å². The van der Waals surface area contributed by atoms with Gasteiger partial charge in [0.05, 0.1) is 0 Å². The first-order chi connectivity index (χ1) is 19.0. The third kappa shape index (κ3) is 10.4. The van der Waals surface area contributed by atoms with Crippen molar-refractivity contribution in [3.05, 3.63) is 114 Å². The van der Waals surface area contributed by atoms with Crippen molar-refractivity contribution in [1.29, 1.82) is 0 Å². The molecule has 1 aromatic heterocycles. The maximum absolute atomic E-state index is 5.97. The molecule has 3 aromatic rings. The van der Waals surface area contributed by atoms with Crippen LogP contribution in [0, 0.1) is 18.7 Å². The summed E-state index contributed by atoms with van der Waals surface area (Å²) in [4.78, 5) is 0. The summed E-state index contributed by atoms with van der Waals surface area (Å²) in [6.45, 7) is 34.4. The number of hydrogen-bond donors (Lipinski definition) is 0. The summed E-state index contributed by atoms with van der Waals surface area (Å²) in [6, 6.07) is 13.5. The first-order valence-corrected chi connectivity index (χ1v) is 21.7. The van der Waals surface area contributed by atoms with E-state index in [0.29, 0.717) is 23.7 Å². The second-order valence-electron chi connectivity index (χ2n) is 13.2. The number of aromatic nitrogens is 2. The molecule has 0 fully saturated rings. The van der Waals surface area contributed by atoms with Gasteiger partial charge in [0.1, 0.15) is 0 Å². The van der Waals surface area contributed by atoms with Gasteiger partial charge in [0.2, 0.25) is 0 Å². The van der Waals surface area contributed by atoms with Crippen molar-refractivity contribution >= 4 is 16.6 Å². The van der Waals surface area contributed by atoms with E-state index in [1.807, 2.05) is 11.4 Å². The summed E-state index contributed by atoms with van der Waals surface area (Å²) >= 11 is 3.64. The van der Waals surface area contributed by atoms with E-state index in [-0.39, 0.29) is 14.9 Å². The van der Waals surface area contributed by atoms with Crippen LogP contribution in [-0.4, -0.2) is 25.8 Å². The molecule has 6 heteroatoms. The van der Waals surface area contributed by atoms with Crippen LogP contribution < -0.4 is 0 Å². The molecule has 244 valence electrons. The SMILES string of the molecule is C=C[Si](C)(C)O[Si](C)(C)C=C.CC(C)c1cccc(C(C)C)c1-n1ccn(-c2c(C(C)C)cccc2C(C)C)[c]1=[Pd].[CH3-].[CH3-]. The topological polar surface area (TPSA) is 19.1 Å². The van der Waals surface area contributed by atoms with Gasteiger partial charge in [-0.1, -0.05) is 11.4 Å². The van der Waals surface area contributed by atoms with Gasteiger partial charge in [-0.2, -0.15) is 0 Å². The molecule has 3 rings (SSSR count). The molecular formula is C37H60N2OPdSi2-2. The fourth-order valence-electron chi connectivity index (χ4n) is 5.02. The van der Waals surface area contributed by atoms with Crippen LogP contribution in [0.5, 0.6) is 0 Å². The largest absolute Gasteiger partial charge is 0.358 e. The Bertz CT molecular complexity index is 1240. The van der Waals surface area contributed by atoms with Gasteiger partial charge in [0.15, 0.2) is 16.6 Å². The number of para-hydroxylation sites is 2. The van der Waals surface area contributed by atoms with Gasteiger partial charge in [0.25, 0.3) is 0 Å². The van der Waals surface area contributed by atoms with Crippen molar-refractivity contribution in [2.45, 2.75) is 105 Å². The van der Waals surface area contributed by atoms with Crippen molar-refractivity contribution < 1.29 is 22.9 Å². The average molecular weight is 711 g/mol. The second kappa shape index (κ2) is 17.0. The van der Waals surface area contributed by atoms with E-state index >= 15 is 0 Å². The normalized spacial score (nSPS) is 11.7. The number of benzene rings is 2. The average Bonchev–Trinajstić information content (AvgIpc) is 3.27. The Hall–Kier alpha value is -1.81. The quantitative estimate of drug-likeness (QED) is 0.151. The minimum Gasteiger partial charge on any atom is -0.358 e. The molecule has 0 atom stereocenters. The van der Waals surface area contributed by atoms with Crippen molar-refractivity contribution in [2.75, 3.05) is 0 Å². The first kappa shape index (κ1) is 41.2. The molecule has 0 amide bonds. The number of rotatable bonds is 10. The molecule has 0 saturated heterocycles. The Labute approximate surface area is 278 Å². The van der Waals surface area contributed by atoms with Gasteiger partial charge >= 0.3 is 193 Å². The van der Waals surface area contributed by atoms with Crippen LogP contribution in [0.3, 0.4) is 0 Å². The number of hydrogen-bond acceptors (Lipinski definition) is 1. The zero-order valence-corrected chi connectivity index (χ0v) is 33.2. The molecule has 3 nitrogen and oxygen atoms in total. The zero-order valence-electron chi connectivity index (χ0n) is 29.6. The van der Waals surface area contributed by atoms with E-state index < -0.39 is 16.6 Å².